The molecule has 0 radical (unpaired) electrons. The Morgan fingerprint density at radius 2 is 2.05 bits per heavy atom. The molecule has 1 aromatic rings. The Hall–Kier alpha value is -0.250. The minimum Gasteiger partial charge on any atom is -0.309 e. The molecule has 108 valence electrons. The first-order chi connectivity index (χ1) is 9.04. The molecular formula is C15H23ClFNS. The fraction of sp³-hybridized carbons (Fsp3) is 0.600. The second kappa shape index (κ2) is 8.83. The van der Waals surface area contributed by atoms with E-state index in [0.717, 1.165) is 24.5 Å². The monoisotopic (exact) mass is 303 g/mol. The van der Waals surface area contributed by atoms with Crippen molar-refractivity contribution >= 4 is 23.4 Å². The summed E-state index contributed by atoms with van der Waals surface area (Å²) in [6, 6.07) is 5.00. The van der Waals surface area contributed by atoms with Crippen molar-refractivity contribution in [1.29, 1.82) is 0 Å². The fourth-order valence-electron chi connectivity index (χ4n) is 1.78. The van der Waals surface area contributed by atoms with Crippen LogP contribution in [0.5, 0.6) is 0 Å². The van der Waals surface area contributed by atoms with Gasteiger partial charge in [-0.15, -0.1) is 0 Å². The van der Waals surface area contributed by atoms with Crippen LogP contribution in [0.25, 0.3) is 0 Å². The number of hydrogen-bond donors (Lipinski definition) is 1. The highest BCUT2D eigenvalue weighted by molar-refractivity contribution is 7.99. The maximum Gasteiger partial charge on any atom is 0.129 e. The number of benzene rings is 1. The van der Waals surface area contributed by atoms with E-state index in [0.29, 0.717) is 16.5 Å². The molecule has 0 aromatic heterocycles. The first kappa shape index (κ1) is 16.8. The zero-order chi connectivity index (χ0) is 14.3. The van der Waals surface area contributed by atoms with E-state index in [4.69, 9.17) is 11.6 Å². The van der Waals surface area contributed by atoms with Gasteiger partial charge in [-0.2, -0.15) is 11.8 Å². The van der Waals surface area contributed by atoms with E-state index in [9.17, 15) is 4.39 Å². The standard InChI is InChI=1S/C15H23ClFNS/c1-4-7-18-15(10-19-9-11(2)3)13-6-5-12(16)8-14(13)17/h5-6,8,11,15,18H,4,7,9-10H2,1-3H3. The Bertz CT molecular complexity index is 384. The lowest BCUT2D eigenvalue weighted by Gasteiger charge is -2.20. The zero-order valence-corrected chi connectivity index (χ0v) is 13.5. The van der Waals surface area contributed by atoms with Gasteiger partial charge in [0.05, 0.1) is 0 Å². The largest absolute Gasteiger partial charge is 0.309 e. The highest BCUT2D eigenvalue weighted by atomic mass is 35.5. The summed E-state index contributed by atoms with van der Waals surface area (Å²) in [5, 5.41) is 3.87. The molecule has 1 N–H and O–H groups in total. The molecule has 0 aliphatic rings. The molecule has 1 rings (SSSR count). The second-order valence-electron chi connectivity index (χ2n) is 5.10. The van der Waals surface area contributed by atoms with Crippen molar-refractivity contribution in [1.82, 2.24) is 5.32 Å². The zero-order valence-electron chi connectivity index (χ0n) is 11.9. The van der Waals surface area contributed by atoms with E-state index in [1.54, 1.807) is 12.1 Å². The normalized spacial score (nSPS) is 12.9. The first-order valence-corrected chi connectivity index (χ1v) is 8.34. The first-order valence-electron chi connectivity index (χ1n) is 6.80. The minimum atomic E-state index is -0.216. The van der Waals surface area contributed by atoms with Gasteiger partial charge in [-0.25, -0.2) is 4.39 Å². The van der Waals surface area contributed by atoms with Gasteiger partial charge in [0.15, 0.2) is 0 Å². The van der Waals surface area contributed by atoms with Crippen LogP contribution in [-0.2, 0) is 0 Å². The molecule has 0 aliphatic heterocycles. The molecule has 0 saturated heterocycles. The highest BCUT2D eigenvalue weighted by Crippen LogP contribution is 2.24. The third-order valence-electron chi connectivity index (χ3n) is 2.71. The van der Waals surface area contributed by atoms with Crippen molar-refractivity contribution in [3.8, 4) is 0 Å². The molecule has 0 aliphatic carbocycles. The predicted octanol–water partition coefficient (Wildman–Crippen LogP) is 4.91. The molecule has 0 heterocycles. The van der Waals surface area contributed by atoms with E-state index in [-0.39, 0.29) is 11.9 Å². The Morgan fingerprint density at radius 3 is 2.63 bits per heavy atom. The van der Waals surface area contributed by atoms with Crippen LogP contribution >= 0.6 is 23.4 Å². The van der Waals surface area contributed by atoms with Crippen molar-refractivity contribution in [3.05, 3.63) is 34.6 Å². The van der Waals surface area contributed by atoms with E-state index < -0.39 is 0 Å². The van der Waals surface area contributed by atoms with Crippen LogP contribution in [0.15, 0.2) is 18.2 Å². The summed E-state index contributed by atoms with van der Waals surface area (Å²) in [5.41, 5.74) is 0.717. The Balaban J connectivity index is 2.71. The molecule has 1 aromatic carbocycles. The van der Waals surface area contributed by atoms with Gasteiger partial charge >= 0.3 is 0 Å². The average Bonchev–Trinajstić information content (AvgIpc) is 2.34. The lowest BCUT2D eigenvalue weighted by atomic mass is 10.1. The lowest BCUT2D eigenvalue weighted by molar-refractivity contribution is 0.532. The topological polar surface area (TPSA) is 12.0 Å². The number of hydrogen-bond acceptors (Lipinski definition) is 2. The van der Waals surface area contributed by atoms with Crippen LogP contribution < -0.4 is 5.32 Å². The summed E-state index contributed by atoms with van der Waals surface area (Å²) in [4.78, 5) is 0. The predicted molar refractivity (Wildman–Crippen MR) is 84.6 cm³/mol. The third kappa shape index (κ3) is 6.15. The smallest absolute Gasteiger partial charge is 0.129 e. The molecule has 0 spiro atoms. The molecule has 1 unspecified atom stereocenters. The van der Waals surface area contributed by atoms with Gasteiger partial charge in [-0.05, 0) is 36.8 Å². The number of thioether (sulfide) groups is 1. The van der Waals surface area contributed by atoms with Gasteiger partial charge in [0, 0.05) is 22.4 Å². The van der Waals surface area contributed by atoms with Crippen LogP contribution in [0, 0.1) is 11.7 Å². The molecule has 1 nitrogen and oxygen atoms in total. The highest BCUT2D eigenvalue weighted by Gasteiger charge is 2.15. The quantitative estimate of drug-likeness (QED) is 0.732. The van der Waals surface area contributed by atoms with Crippen LogP contribution in [-0.4, -0.2) is 18.1 Å². The van der Waals surface area contributed by atoms with Crippen LogP contribution in [0.3, 0.4) is 0 Å². The molecule has 0 saturated carbocycles. The van der Waals surface area contributed by atoms with Gasteiger partial charge in [-0.3, -0.25) is 0 Å². The maximum atomic E-state index is 14.0. The second-order valence-corrected chi connectivity index (χ2v) is 6.62. The average molecular weight is 304 g/mol. The van der Waals surface area contributed by atoms with Crippen molar-refractivity contribution in [3.63, 3.8) is 0 Å². The van der Waals surface area contributed by atoms with Gasteiger partial charge in [0.25, 0.3) is 0 Å². The van der Waals surface area contributed by atoms with Gasteiger partial charge in [0.2, 0.25) is 0 Å². The van der Waals surface area contributed by atoms with E-state index in [1.807, 2.05) is 11.8 Å². The number of rotatable bonds is 8. The Morgan fingerprint density at radius 1 is 1.32 bits per heavy atom. The molecule has 4 heteroatoms. The van der Waals surface area contributed by atoms with Gasteiger partial charge in [0.1, 0.15) is 5.82 Å². The van der Waals surface area contributed by atoms with E-state index >= 15 is 0 Å². The van der Waals surface area contributed by atoms with Crippen molar-refractivity contribution < 1.29 is 4.39 Å². The van der Waals surface area contributed by atoms with Crippen molar-refractivity contribution in [2.24, 2.45) is 5.92 Å². The van der Waals surface area contributed by atoms with Gasteiger partial charge in [-0.1, -0.05) is 38.4 Å². The lowest BCUT2D eigenvalue weighted by Crippen LogP contribution is -2.25. The maximum absolute atomic E-state index is 14.0. The van der Waals surface area contributed by atoms with Crippen molar-refractivity contribution in [2.45, 2.75) is 33.2 Å². The fourth-order valence-corrected chi connectivity index (χ4v) is 3.08. The van der Waals surface area contributed by atoms with Crippen molar-refractivity contribution in [2.75, 3.05) is 18.1 Å². The molecule has 0 bridgehead atoms. The number of nitrogens with one attached hydrogen (secondary N) is 1. The van der Waals surface area contributed by atoms with Gasteiger partial charge < -0.3 is 5.32 Å². The summed E-state index contributed by atoms with van der Waals surface area (Å²) in [6.45, 7) is 7.41. The summed E-state index contributed by atoms with van der Waals surface area (Å²) in [7, 11) is 0. The molecule has 1 atom stereocenters. The summed E-state index contributed by atoms with van der Waals surface area (Å²) >= 11 is 7.67. The number of halogens is 2. The SMILES string of the molecule is CCCNC(CSCC(C)C)c1ccc(Cl)cc1F. The summed E-state index contributed by atoms with van der Waals surface area (Å²) < 4.78 is 14.0. The Labute approximate surface area is 125 Å². The molecule has 0 fully saturated rings. The van der Waals surface area contributed by atoms with E-state index in [1.165, 1.54) is 6.07 Å². The molecule has 0 amide bonds. The minimum absolute atomic E-state index is 0.0565. The van der Waals surface area contributed by atoms with Crippen LogP contribution in [0.4, 0.5) is 4.39 Å². The summed E-state index contributed by atoms with van der Waals surface area (Å²) in [5.74, 6) is 2.43. The van der Waals surface area contributed by atoms with E-state index in [2.05, 4.69) is 26.1 Å². The van der Waals surface area contributed by atoms with Crippen LogP contribution in [0.1, 0.15) is 38.8 Å². The third-order valence-corrected chi connectivity index (χ3v) is 4.42. The molecular weight excluding hydrogens is 281 g/mol. The Kier molecular flexibility index (Phi) is 7.81. The molecule has 19 heavy (non-hydrogen) atoms. The summed E-state index contributed by atoms with van der Waals surface area (Å²) in [6.07, 6.45) is 1.04. The van der Waals surface area contributed by atoms with Crippen LogP contribution in [0.2, 0.25) is 5.02 Å².